The van der Waals surface area contributed by atoms with Crippen LogP contribution in [0.4, 0.5) is 0 Å². The van der Waals surface area contributed by atoms with E-state index in [0.717, 1.165) is 6.42 Å². The van der Waals surface area contributed by atoms with Crippen molar-refractivity contribution in [3.05, 3.63) is 35.9 Å². The van der Waals surface area contributed by atoms with Crippen LogP contribution in [0, 0.1) is 0 Å². The van der Waals surface area contributed by atoms with Gasteiger partial charge in [0.15, 0.2) is 0 Å². The van der Waals surface area contributed by atoms with Crippen molar-refractivity contribution in [1.29, 1.82) is 0 Å². The van der Waals surface area contributed by atoms with Crippen LogP contribution in [0.1, 0.15) is 18.9 Å². The lowest BCUT2D eigenvalue weighted by Gasteiger charge is -2.05. The molecular formula is C14H20N2O4S. The molecule has 0 saturated carbocycles. The molecule has 116 valence electrons. The fourth-order valence-corrected chi connectivity index (χ4v) is 2.62. The number of nitrogens with one attached hydrogen (secondary N) is 2. The van der Waals surface area contributed by atoms with E-state index >= 15 is 0 Å². The monoisotopic (exact) mass is 312 g/mol. The minimum absolute atomic E-state index is 0.114. The van der Waals surface area contributed by atoms with E-state index in [1.165, 1.54) is 18.2 Å². The molecule has 0 atom stereocenters. The summed E-state index contributed by atoms with van der Waals surface area (Å²) in [7, 11) is -3.46. The number of hydrogen-bond donors (Lipinski definition) is 3. The summed E-state index contributed by atoms with van der Waals surface area (Å²) >= 11 is 0. The Balaban J connectivity index is 2.70. The zero-order chi connectivity index (χ0) is 15.7. The van der Waals surface area contributed by atoms with Gasteiger partial charge < -0.3 is 10.4 Å². The lowest BCUT2D eigenvalue weighted by Crippen LogP contribution is -2.24. The SMILES string of the molecule is CCCNS(=O)(=O)c1ccc(/C=C/C(=O)NCCO)cc1. The van der Waals surface area contributed by atoms with Crippen LogP contribution < -0.4 is 10.0 Å². The van der Waals surface area contributed by atoms with Crippen LogP contribution in [0.3, 0.4) is 0 Å². The van der Waals surface area contributed by atoms with E-state index in [1.807, 2.05) is 6.92 Å². The standard InChI is InChI=1S/C14H20N2O4S/c1-2-9-16-21(19,20)13-6-3-12(4-7-13)5-8-14(18)15-10-11-17/h3-8,16-17H,2,9-11H2,1H3,(H,15,18)/b8-5+. The van der Waals surface area contributed by atoms with Gasteiger partial charge in [-0.15, -0.1) is 0 Å². The van der Waals surface area contributed by atoms with Gasteiger partial charge in [0.25, 0.3) is 0 Å². The van der Waals surface area contributed by atoms with Gasteiger partial charge in [-0.3, -0.25) is 4.79 Å². The molecule has 0 saturated heterocycles. The summed E-state index contributed by atoms with van der Waals surface area (Å²) in [6, 6.07) is 6.22. The molecule has 0 aliphatic carbocycles. The first-order chi connectivity index (χ1) is 9.99. The van der Waals surface area contributed by atoms with Gasteiger partial charge in [-0.1, -0.05) is 19.1 Å². The van der Waals surface area contributed by atoms with E-state index < -0.39 is 10.0 Å². The van der Waals surface area contributed by atoms with E-state index in [1.54, 1.807) is 18.2 Å². The number of carbonyl (C=O) groups excluding carboxylic acids is 1. The van der Waals surface area contributed by atoms with Gasteiger partial charge in [0.2, 0.25) is 15.9 Å². The van der Waals surface area contributed by atoms with Crippen LogP contribution in [-0.2, 0) is 14.8 Å². The quantitative estimate of drug-likeness (QED) is 0.609. The van der Waals surface area contributed by atoms with Crippen molar-refractivity contribution >= 4 is 22.0 Å². The second-order valence-corrected chi connectivity index (χ2v) is 6.08. The number of sulfonamides is 1. The fraction of sp³-hybridized carbons (Fsp3) is 0.357. The predicted octanol–water partition coefficient (Wildman–Crippen LogP) is 0.497. The first-order valence-corrected chi connectivity index (χ1v) is 8.14. The molecule has 7 heteroatoms. The highest BCUT2D eigenvalue weighted by molar-refractivity contribution is 7.89. The molecule has 0 aliphatic rings. The van der Waals surface area contributed by atoms with Gasteiger partial charge in [0.05, 0.1) is 11.5 Å². The predicted molar refractivity (Wildman–Crippen MR) is 81.1 cm³/mol. The number of aliphatic hydroxyl groups excluding tert-OH is 1. The van der Waals surface area contributed by atoms with Crippen LogP contribution in [0.2, 0.25) is 0 Å². The van der Waals surface area contributed by atoms with Crippen molar-refractivity contribution in [1.82, 2.24) is 10.0 Å². The Labute approximate surface area is 124 Å². The average molecular weight is 312 g/mol. The maximum absolute atomic E-state index is 11.9. The lowest BCUT2D eigenvalue weighted by atomic mass is 10.2. The molecule has 0 heterocycles. The number of rotatable bonds is 8. The third kappa shape index (κ3) is 6.07. The Morgan fingerprint density at radius 3 is 2.48 bits per heavy atom. The van der Waals surface area contributed by atoms with Crippen molar-refractivity contribution in [2.75, 3.05) is 19.7 Å². The minimum Gasteiger partial charge on any atom is -0.395 e. The number of amides is 1. The molecule has 0 radical (unpaired) electrons. The molecule has 6 nitrogen and oxygen atoms in total. The van der Waals surface area contributed by atoms with Gasteiger partial charge in [-0.05, 0) is 30.2 Å². The summed E-state index contributed by atoms with van der Waals surface area (Å²) < 4.78 is 26.2. The largest absolute Gasteiger partial charge is 0.395 e. The van der Waals surface area contributed by atoms with Crippen molar-refractivity contribution in [2.45, 2.75) is 18.2 Å². The van der Waals surface area contributed by atoms with Gasteiger partial charge in [-0.2, -0.15) is 0 Å². The highest BCUT2D eigenvalue weighted by Gasteiger charge is 2.11. The summed E-state index contributed by atoms with van der Waals surface area (Å²) in [5.41, 5.74) is 0.712. The third-order valence-electron chi connectivity index (χ3n) is 2.57. The minimum atomic E-state index is -3.46. The van der Waals surface area contributed by atoms with Crippen LogP contribution in [0.5, 0.6) is 0 Å². The van der Waals surface area contributed by atoms with E-state index in [9.17, 15) is 13.2 Å². The fourth-order valence-electron chi connectivity index (χ4n) is 1.49. The Morgan fingerprint density at radius 1 is 1.24 bits per heavy atom. The Morgan fingerprint density at radius 2 is 1.90 bits per heavy atom. The lowest BCUT2D eigenvalue weighted by molar-refractivity contribution is -0.116. The van der Waals surface area contributed by atoms with Gasteiger partial charge in [0.1, 0.15) is 0 Å². The van der Waals surface area contributed by atoms with Gasteiger partial charge >= 0.3 is 0 Å². The molecule has 1 aromatic rings. The van der Waals surface area contributed by atoms with Crippen LogP contribution in [0.25, 0.3) is 6.08 Å². The van der Waals surface area contributed by atoms with Crippen molar-refractivity contribution in [3.8, 4) is 0 Å². The maximum Gasteiger partial charge on any atom is 0.244 e. The number of carbonyl (C=O) groups is 1. The summed E-state index contributed by atoms with van der Waals surface area (Å²) in [4.78, 5) is 11.5. The molecule has 1 rings (SSSR count). The zero-order valence-corrected chi connectivity index (χ0v) is 12.7. The molecule has 3 N–H and O–H groups in total. The first-order valence-electron chi connectivity index (χ1n) is 6.66. The summed E-state index contributed by atoms with van der Waals surface area (Å²) in [5.74, 6) is -0.314. The second kappa shape index (κ2) is 8.56. The van der Waals surface area contributed by atoms with Crippen molar-refractivity contribution < 1.29 is 18.3 Å². The van der Waals surface area contributed by atoms with Crippen LogP contribution >= 0.6 is 0 Å². The normalized spacial score (nSPS) is 11.7. The first kappa shape index (κ1) is 17.4. The average Bonchev–Trinajstić information content (AvgIpc) is 2.49. The van der Waals surface area contributed by atoms with E-state index in [2.05, 4.69) is 10.0 Å². The third-order valence-corrected chi connectivity index (χ3v) is 4.05. The topological polar surface area (TPSA) is 95.5 Å². The van der Waals surface area contributed by atoms with Gasteiger partial charge in [-0.25, -0.2) is 13.1 Å². The Bertz CT molecular complexity index is 579. The second-order valence-electron chi connectivity index (χ2n) is 4.31. The molecule has 1 aromatic carbocycles. The van der Waals surface area contributed by atoms with Crippen molar-refractivity contribution in [2.24, 2.45) is 0 Å². The number of benzene rings is 1. The molecular weight excluding hydrogens is 292 g/mol. The molecule has 0 spiro atoms. The number of aliphatic hydroxyl groups is 1. The Hall–Kier alpha value is -1.70. The van der Waals surface area contributed by atoms with Gasteiger partial charge in [0, 0.05) is 19.2 Å². The molecule has 21 heavy (non-hydrogen) atoms. The molecule has 0 aliphatic heterocycles. The Kier molecular flexibility index (Phi) is 7.07. The van der Waals surface area contributed by atoms with Crippen molar-refractivity contribution in [3.63, 3.8) is 0 Å². The van der Waals surface area contributed by atoms with E-state index in [4.69, 9.17) is 5.11 Å². The van der Waals surface area contributed by atoms with Crippen LogP contribution in [-0.4, -0.2) is 39.1 Å². The smallest absolute Gasteiger partial charge is 0.244 e. The molecule has 0 aromatic heterocycles. The summed E-state index contributed by atoms with van der Waals surface area (Å²) in [5, 5.41) is 11.0. The maximum atomic E-state index is 11.9. The molecule has 0 unspecified atom stereocenters. The summed E-state index contributed by atoms with van der Waals surface area (Å²) in [6.45, 7) is 2.37. The highest BCUT2D eigenvalue weighted by Crippen LogP contribution is 2.11. The zero-order valence-electron chi connectivity index (χ0n) is 11.9. The van der Waals surface area contributed by atoms with E-state index in [-0.39, 0.29) is 24.0 Å². The van der Waals surface area contributed by atoms with Crippen LogP contribution in [0.15, 0.2) is 35.2 Å². The highest BCUT2D eigenvalue weighted by atomic mass is 32.2. The van der Waals surface area contributed by atoms with E-state index in [0.29, 0.717) is 12.1 Å². The molecule has 0 bridgehead atoms. The summed E-state index contributed by atoms with van der Waals surface area (Å²) in [6.07, 6.45) is 3.63. The molecule has 1 amide bonds. The molecule has 0 fully saturated rings. The number of hydrogen-bond acceptors (Lipinski definition) is 4.